The van der Waals surface area contributed by atoms with Crippen molar-refractivity contribution >= 4 is 20.2 Å². The Morgan fingerprint density at radius 2 is 0.561 bits per heavy atom. The van der Waals surface area contributed by atoms with Crippen LogP contribution in [0.5, 0.6) is 0 Å². The van der Waals surface area contributed by atoms with E-state index >= 15 is 0 Å². The van der Waals surface area contributed by atoms with Crippen LogP contribution in [-0.2, 0) is 107 Å². The SMILES string of the molecule is O=S(=O)([O-])C[C@H]1O[C@H](OCCCO)[C@H](OCc2ccccc2)[C@@H](OCc2ccccc2)[C@@H]1OCc1ccccc1.O=S(=O)([O-])C[C@H]1O[C@H](OCCCO)[C@H](OCc2ccccc2)[C@@H](OCc2ccccc2)[C@@H]1OCc1ccccc1.[Na+].[Na+]. The molecule has 0 bridgehead atoms. The van der Waals surface area contributed by atoms with Crippen LogP contribution in [0.3, 0.4) is 0 Å². The smallest absolute Gasteiger partial charge is 0.748 e. The van der Waals surface area contributed by atoms with Crippen LogP contribution in [0.2, 0.25) is 0 Å². The summed E-state index contributed by atoms with van der Waals surface area (Å²) >= 11 is 0. The number of hydrogen-bond donors (Lipinski definition) is 2. The molecule has 8 rings (SSSR count). The maximum atomic E-state index is 11.9. The first-order chi connectivity index (χ1) is 38.9. The van der Waals surface area contributed by atoms with Crippen molar-refractivity contribution < 1.29 is 143 Å². The monoisotopic (exact) mass is 1190 g/mol. The standard InChI is InChI=1S/2C30H36O9S.2Na/c2*31-17-10-18-35-30-29(38-21-25-15-8-3-9-16-25)28(37-20-24-13-6-2-7-14-24)27(26(39-30)22-40(32,33)34)36-19-23-11-4-1-5-12-23;;/h2*1-9,11-16,26-31H,10,17-22H2,(H,32,33,34);;/q;;2*+1/p-2/t2*26-,27-,28+,29-,30+;;/m11../s1. The van der Waals surface area contributed by atoms with Crippen molar-refractivity contribution in [3.8, 4) is 0 Å². The fraction of sp³-hybridized carbons (Fsp3) is 0.400. The van der Waals surface area contributed by atoms with Gasteiger partial charge in [-0.25, -0.2) is 16.8 Å². The van der Waals surface area contributed by atoms with Gasteiger partial charge in [0.05, 0.1) is 84.6 Å². The number of hydrogen-bond acceptors (Lipinski definition) is 18. The van der Waals surface area contributed by atoms with Crippen molar-refractivity contribution in [1.29, 1.82) is 0 Å². The Morgan fingerprint density at radius 1 is 0.341 bits per heavy atom. The molecule has 22 heteroatoms. The molecule has 2 N–H and O–H groups in total. The molecule has 432 valence electrons. The molecule has 18 nitrogen and oxygen atoms in total. The van der Waals surface area contributed by atoms with E-state index in [-0.39, 0.29) is 125 Å². The zero-order chi connectivity index (χ0) is 56.4. The quantitative estimate of drug-likeness (QED) is 0.0360. The van der Waals surface area contributed by atoms with Crippen molar-refractivity contribution in [2.45, 2.75) is 114 Å². The third-order valence-electron chi connectivity index (χ3n) is 12.8. The van der Waals surface area contributed by atoms with Gasteiger partial charge >= 0.3 is 59.1 Å². The van der Waals surface area contributed by atoms with Gasteiger partial charge in [-0.05, 0) is 46.2 Å². The summed E-state index contributed by atoms with van der Waals surface area (Å²) in [5, 5.41) is 18.6. The van der Waals surface area contributed by atoms with Crippen molar-refractivity contribution in [2.24, 2.45) is 0 Å². The summed E-state index contributed by atoms with van der Waals surface area (Å²) in [4.78, 5) is 0. The summed E-state index contributed by atoms with van der Waals surface area (Å²) in [5.74, 6) is -1.66. The number of rotatable bonds is 30. The molecule has 0 saturated carbocycles. The van der Waals surface area contributed by atoms with Gasteiger partial charge in [-0.2, -0.15) is 0 Å². The second kappa shape index (κ2) is 37.3. The fourth-order valence-electron chi connectivity index (χ4n) is 8.96. The molecule has 2 fully saturated rings. The van der Waals surface area contributed by atoms with E-state index in [9.17, 15) is 36.2 Å². The molecule has 2 saturated heterocycles. The maximum Gasteiger partial charge on any atom is 1.00 e. The minimum absolute atomic E-state index is 0. The van der Waals surface area contributed by atoms with E-state index in [2.05, 4.69) is 0 Å². The van der Waals surface area contributed by atoms with Gasteiger partial charge in [-0.3, -0.25) is 0 Å². The van der Waals surface area contributed by atoms with E-state index in [1.807, 2.05) is 182 Å². The largest absolute Gasteiger partial charge is 1.00 e. The molecular weight excluding hydrogens is 1120 g/mol. The first-order valence-corrected chi connectivity index (χ1v) is 29.6. The first-order valence-electron chi connectivity index (χ1n) is 26.4. The molecule has 2 aliphatic rings. The second-order valence-corrected chi connectivity index (χ2v) is 21.9. The average Bonchev–Trinajstić information content (AvgIpc) is 3.67. The molecule has 2 heterocycles. The predicted octanol–water partition coefficient (Wildman–Crippen LogP) is 0.831. The van der Waals surface area contributed by atoms with Gasteiger partial charge in [0, 0.05) is 13.2 Å². The van der Waals surface area contributed by atoms with E-state index in [1.54, 1.807) is 0 Å². The third-order valence-corrected chi connectivity index (χ3v) is 14.3. The van der Waals surface area contributed by atoms with E-state index in [1.165, 1.54) is 0 Å². The zero-order valence-electron chi connectivity index (χ0n) is 46.2. The molecule has 82 heavy (non-hydrogen) atoms. The third kappa shape index (κ3) is 24.2. The van der Waals surface area contributed by atoms with Crippen molar-refractivity contribution in [2.75, 3.05) is 37.9 Å². The summed E-state index contributed by atoms with van der Waals surface area (Å²) < 4.78 is 134. The summed E-state index contributed by atoms with van der Waals surface area (Å²) in [6, 6.07) is 56.9. The Balaban J connectivity index is 0.000000293. The van der Waals surface area contributed by atoms with Crippen LogP contribution in [0.4, 0.5) is 0 Å². The molecule has 0 unspecified atom stereocenters. The van der Waals surface area contributed by atoms with Crippen molar-refractivity contribution in [3.05, 3.63) is 215 Å². The van der Waals surface area contributed by atoms with Gasteiger partial charge < -0.3 is 66.7 Å². The summed E-state index contributed by atoms with van der Waals surface area (Å²) in [6.45, 7) is 1.10. The second-order valence-electron chi connectivity index (χ2n) is 19.0. The molecular formula is C60H70Na2O18S2. The van der Waals surface area contributed by atoms with E-state index in [0.29, 0.717) is 12.8 Å². The van der Waals surface area contributed by atoms with Crippen molar-refractivity contribution in [1.82, 2.24) is 0 Å². The Labute approximate surface area is 525 Å². The van der Waals surface area contributed by atoms with Crippen LogP contribution in [0, 0.1) is 0 Å². The van der Waals surface area contributed by atoms with Crippen LogP contribution >= 0.6 is 0 Å². The predicted molar refractivity (Wildman–Crippen MR) is 292 cm³/mol. The number of benzene rings is 6. The number of aliphatic hydroxyl groups excluding tert-OH is 2. The zero-order valence-corrected chi connectivity index (χ0v) is 51.9. The van der Waals surface area contributed by atoms with Gasteiger partial charge in [-0.1, -0.05) is 182 Å². The normalized spacial score (nSPS) is 22.6. The van der Waals surface area contributed by atoms with E-state index in [4.69, 9.17) is 47.4 Å². The molecule has 0 amide bonds. The Bertz CT molecular complexity index is 2660. The van der Waals surface area contributed by atoms with Crippen LogP contribution in [0.1, 0.15) is 46.2 Å². The minimum atomic E-state index is -4.70. The summed E-state index contributed by atoms with van der Waals surface area (Å²) in [7, 11) is -9.40. The van der Waals surface area contributed by atoms with Gasteiger partial charge in [0.1, 0.15) is 48.8 Å². The number of aliphatic hydroxyl groups is 2. The van der Waals surface area contributed by atoms with Crippen LogP contribution in [0.25, 0.3) is 0 Å². The molecule has 0 aliphatic carbocycles. The van der Waals surface area contributed by atoms with E-state index < -0.39 is 93.2 Å². The van der Waals surface area contributed by atoms with Crippen molar-refractivity contribution in [3.63, 3.8) is 0 Å². The summed E-state index contributed by atoms with van der Waals surface area (Å²) in [5.41, 5.74) is 5.31. The van der Waals surface area contributed by atoms with Gasteiger partial charge in [0.2, 0.25) is 0 Å². The van der Waals surface area contributed by atoms with Crippen LogP contribution in [-0.4, -0.2) is 135 Å². The van der Waals surface area contributed by atoms with Crippen LogP contribution < -0.4 is 59.1 Å². The molecule has 2 aliphatic heterocycles. The topological polar surface area (TPSA) is 247 Å². The Hall–Kier alpha value is -3.34. The number of ether oxygens (including phenoxy) is 10. The molecule has 10 atom stereocenters. The molecule has 0 aromatic heterocycles. The molecule has 0 radical (unpaired) electrons. The maximum absolute atomic E-state index is 11.9. The molecule has 0 spiro atoms. The fourth-order valence-corrected chi connectivity index (χ4v) is 10.3. The Morgan fingerprint density at radius 3 is 0.780 bits per heavy atom. The van der Waals surface area contributed by atoms with E-state index in [0.717, 1.165) is 33.4 Å². The van der Waals surface area contributed by atoms with Gasteiger partial charge in [0.15, 0.2) is 12.6 Å². The van der Waals surface area contributed by atoms with Crippen LogP contribution in [0.15, 0.2) is 182 Å². The molecule has 6 aromatic carbocycles. The average molecular weight is 1190 g/mol. The van der Waals surface area contributed by atoms with Gasteiger partial charge in [0.25, 0.3) is 0 Å². The first kappa shape index (κ1) is 69.4. The Kier molecular flexibility index (Phi) is 31.6. The minimum Gasteiger partial charge on any atom is -0.748 e. The van der Waals surface area contributed by atoms with Gasteiger partial charge in [-0.15, -0.1) is 0 Å². The molecule has 6 aromatic rings. The summed E-state index contributed by atoms with van der Waals surface area (Å²) in [6.07, 6.45) is -9.15.